The second kappa shape index (κ2) is 5.46. The molecule has 2 rings (SSSR count). The van der Waals surface area contributed by atoms with Crippen molar-refractivity contribution >= 4 is 17.3 Å². The van der Waals surface area contributed by atoms with E-state index in [0.717, 1.165) is 32.2 Å². The van der Waals surface area contributed by atoms with E-state index in [1.807, 2.05) is 0 Å². The van der Waals surface area contributed by atoms with E-state index in [2.05, 4.69) is 22.1 Å². The third kappa shape index (κ3) is 3.06. The summed E-state index contributed by atoms with van der Waals surface area (Å²) in [5.41, 5.74) is 1.32. The zero-order valence-electron chi connectivity index (χ0n) is 9.19. The van der Waals surface area contributed by atoms with Gasteiger partial charge in [-0.2, -0.15) is 11.3 Å². The summed E-state index contributed by atoms with van der Waals surface area (Å²) in [6, 6.07) is 2.62. The number of nitrogens with one attached hydrogen (secondary N) is 1. The van der Waals surface area contributed by atoms with Crippen molar-refractivity contribution in [2.75, 3.05) is 0 Å². The summed E-state index contributed by atoms with van der Waals surface area (Å²) in [5.74, 6) is -0.740. The molecule has 1 fully saturated rings. The van der Waals surface area contributed by atoms with E-state index in [-0.39, 0.29) is 5.92 Å². The number of hydrogen-bond donors (Lipinski definition) is 2. The lowest BCUT2D eigenvalue weighted by molar-refractivity contribution is -0.142. The average Bonchev–Trinajstić information content (AvgIpc) is 2.80. The first-order chi connectivity index (χ1) is 7.75. The molecule has 1 heterocycles. The molecule has 1 aromatic rings. The summed E-state index contributed by atoms with van der Waals surface area (Å²) in [6.07, 6.45) is 3.61. The third-order valence-corrected chi connectivity index (χ3v) is 3.98. The number of aliphatic carboxylic acids is 1. The van der Waals surface area contributed by atoms with Gasteiger partial charge in [0.25, 0.3) is 0 Å². The Hall–Kier alpha value is -0.870. The topological polar surface area (TPSA) is 49.3 Å². The molecule has 1 aromatic heterocycles. The Balaban J connectivity index is 1.71. The molecule has 0 saturated heterocycles. The molecule has 1 saturated carbocycles. The van der Waals surface area contributed by atoms with E-state index in [0.29, 0.717) is 6.04 Å². The van der Waals surface area contributed by atoms with Crippen LogP contribution in [0.1, 0.15) is 31.2 Å². The molecule has 0 spiro atoms. The van der Waals surface area contributed by atoms with Gasteiger partial charge in [0.05, 0.1) is 5.92 Å². The highest BCUT2D eigenvalue weighted by atomic mass is 32.1. The van der Waals surface area contributed by atoms with Crippen LogP contribution in [0.25, 0.3) is 0 Å². The molecule has 0 aliphatic heterocycles. The largest absolute Gasteiger partial charge is 0.481 e. The van der Waals surface area contributed by atoms with Crippen LogP contribution < -0.4 is 5.32 Å². The van der Waals surface area contributed by atoms with E-state index in [9.17, 15) is 4.79 Å². The molecule has 3 nitrogen and oxygen atoms in total. The van der Waals surface area contributed by atoms with Crippen molar-refractivity contribution in [2.24, 2.45) is 5.92 Å². The van der Waals surface area contributed by atoms with E-state index < -0.39 is 5.97 Å². The van der Waals surface area contributed by atoms with Crippen molar-refractivity contribution in [1.29, 1.82) is 0 Å². The lowest BCUT2D eigenvalue weighted by atomic mass is 9.86. The van der Waals surface area contributed by atoms with Crippen LogP contribution in [0.3, 0.4) is 0 Å². The molecule has 2 N–H and O–H groups in total. The number of rotatable bonds is 4. The molecule has 1 aliphatic carbocycles. The molecule has 0 unspecified atom stereocenters. The van der Waals surface area contributed by atoms with Gasteiger partial charge in [0.15, 0.2) is 0 Å². The Morgan fingerprint density at radius 1 is 1.44 bits per heavy atom. The molecular weight excluding hydrogens is 222 g/mol. The minimum absolute atomic E-state index is 0.112. The Labute approximate surface area is 99.5 Å². The number of carboxylic acids is 1. The van der Waals surface area contributed by atoms with Gasteiger partial charge >= 0.3 is 5.97 Å². The highest BCUT2D eigenvalue weighted by Crippen LogP contribution is 2.24. The molecular formula is C12H17NO2S. The van der Waals surface area contributed by atoms with Crippen molar-refractivity contribution in [3.05, 3.63) is 22.4 Å². The van der Waals surface area contributed by atoms with Gasteiger partial charge in [0.2, 0.25) is 0 Å². The quantitative estimate of drug-likeness (QED) is 0.848. The molecule has 88 valence electrons. The maximum atomic E-state index is 10.8. The molecule has 1 aliphatic rings. The second-order valence-corrected chi connectivity index (χ2v) is 5.18. The van der Waals surface area contributed by atoms with Crippen LogP contribution in [0.4, 0.5) is 0 Å². The van der Waals surface area contributed by atoms with E-state index in [4.69, 9.17) is 5.11 Å². The predicted molar refractivity (Wildman–Crippen MR) is 64.5 cm³/mol. The van der Waals surface area contributed by atoms with Gasteiger partial charge in [-0.3, -0.25) is 4.79 Å². The SMILES string of the molecule is O=C(O)C1CCC(NCc2ccsc2)CC1. The van der Waals surface area contributed by atoms with Crippen molar-refractivity contribution in [1.82, 2.24) is 5.32 Å². The first-order valence-corrected chi connectivity index (χ1v) is 6.67. The smallest absolute Gasteiger partial charge is 0.306 e. The summed E-state index contributed by atoms with van der Waals surface area (Å²) >= 11 is 1.71. The Bertz CT molecular complexity index is 329. The lowest BCUT2D eigenvalue weighted by Gasteiger charge is -2.26. The number of thiophene rings is 1. The van der Waals surface area contributed by atoms with Gasteiger partial charge in [-0.05, 0) is 48.1 Å². The van der Waals surface area contributed by atoms with E-state index in [1.54, 1.807) is 11.3 Å². The maximum Gasteiger partial charge on any atom is 0.306 e. The Morgan fingerprint density at radius 2 is 2.19 bits per heavy atom. The van der Waals surface area contributed by atoms with Gasteiger partial charge in [-0.25, -0.2) is 0 Å². The summed E-state index contributed by atoms with van der Waals surface area (Å²) in [5, 5.41) is 16.6. The van der Waals surface area contributed by atoms with Gasteiger partial charge in [0, 0.05) is 12.6 Å². The molecule has 0 aromatic carbocycles. The zero-order chi connectivity index (χ0) is 11.4. The van der Waals surface area contributed by atoms with Gasteiger partial charge in [-0.1, -0.05) is 0 Å². The molecule has 0 amide bonds. The van der Waals surface area contributed by atoms with Crippen LogP contribution in [0.2, 0.25) is 0 Å². The van der Waals surface area contributed by atoms with Crippen LogP contribution in [-0.2, 0) is 11.3 Å². The van der Waals surface area contributed by atoms with E-state index in [1.165, 1.54) is 5.56 Å². The van der Waals surface area contributed by atoms with E-state index >= 15 is 0 Å². The van der Waals surface area contributed by atoms with Gasteiger partial charge in [0.1, 0.15) is 0 Å². The summed E-state index contributed by atoms with van der Waals surface area (Å²) in [4.78, 5) is 10.8. The minimum Gasteiger partial charge on any atom is -0.481 e. The highest BCUT2D eigenvalue weighted by molar-refractivity contribution is 7.07. The third-order valence-electron chi connectivity index (χ3n) is 3.25. The van der Waals surface area contributed by atoms with Crippen LogP contribution in [-0.4, -0.2) is 17.1 Å². The van der Waals surface area contributed by atoms with Crippen LogP contribution in [0.5, 0.6) is 0 Å². The fourth-order valence-electron chi connectivity index (χ4n) is 2.20. The zero-order valence-corrected chi connectivity index (χ0v) is 10.0. The lowest BCUT2D eigenvalue weighted by Crippen LogP contribution is -2.34. The minimum atomic E-state index is -0.628. The Kier molecular flexibility index (Phi) is 3.96. The maximum absolute atomic E-state index is 10.8. The fourth-order valence-corrected chi connectivity index (χ4v) is 2.87. The van der Waals surface area contributed by atoms with Crippen LogP contribution >= 0.6 is 11.3 Å². The van der Waals surface area contributed by atoms with Crippen LogP contribution in [0, 0.1) is 5.92 Å². The number of carboxylic acid groups (broad SMARTS) is 1. The molecule has 0 bridgehead atoms. The van der Waals surface area contributed by atoms with Crippen LogP contribution in [0.15, 0.2) is 16.8 Å². The van der Waals surface area contributed by atoms with Crippen molar-refractivity contribution in [3.8, 4) is 0 Å². The van der Waals surface area contributed by atoms with Crippen molar-refractivity contribution in [2.45, 2.75) is 38.3 Å². The predicted octanol–water partition coefficient (Wildman–Crippen LogP) is 2.48. The fraction of sp³-hybridized carbons (Fsp3) is 0.583. The highest BCUT2D eigenvalue weighted by Gasteiger charge is 2.25. The molecule has 0 atom stereocenters. The number of carbonyl (C=O) groups is 1. The summed E-state index contributed by atoms with van der Waals surface area (Å²) in [6.45, 7) is 0.909. The summed E-state index contributed by atoms with van der Waals surface area (Å²) in [7, 11) is 0. The normalized spacial score (nSPS) is 25.5. The monoisotopic (exact) mass is 239 g/mol. The standard InChI is InChI=1S/C12H17NO2S/c14-12(15)10-1-3-11(4-2-10)13-7-9-5-6-16-8-9/h5-6,8,10-11,13H,1-4,7H2,(H,14,15). The first-order valence-electron chi connectivity index (χ1n) is 5.73. The van der Waals surface area contributed by atoms with Gasteiger partial charge < -0.3 is 10.4 Å². The number of hydrogen-bond acceptors (Lipinski definition) is 3. The van der Waals surface area contributed by atoms with Gasteiger partial charge in [-0.15, -0.1) is 0 Å². The first kappa shape index (κ1) is 11.6. The van der Waals surface area contributed by atoms with Crippen molar-refractivity contribution in [3.63, 3.8) is 0 Å². The molecule has 0 radical (unpaired) electrons. The average molecular weight is 239 g/mol. The summed E-state index contributed by atoms with van der Waals surface area (Å²) < 4.78 is 0. The molecule has 4 heteroatoms. The Morgan fingerprint density at radius 3 is 2.75 bits per heavy atom. The van der Waals surface area contributed by atoms with Crippen molar-refractivity contribution < 1.29 is 9.90 Å². The molecule has 16 heavy (non-hydrogen) atoms. The second-order valence-electron chi connectivity index (χ2n) is 4.40.